The summed E-state index contributed by atoms with van der Waals surface area (Å²) in [6, 6.07) is 0. The molecule has 1 fully saturated rings. The number of halogens is 1. The summed E-state index contributed by atoms with van der Waals surface area (Å²) in [5.74, 6) is 0.119. The molecule has 0 saturated carbocycles. The summed E-state index contributed by atoms with van der Waals surface area (Å²) in [6.07, 6.45) is -4.37. The van der Waals surface area contributed by atoms with Crippen molar-refractivity contribution in [3.8, 4) is 0 Å². The molecule has 7 N–H and O–H groups in total. The van der Waals surface area contributed by atoms with Gasteiger partial charge < -0.3 is 35.6 Å². The molecule has 1 aliphatic rings. The Balaban J connectivity index is 1.85. The molecule has 26 heavy (non-hydrogen) atoms. The Kier molecular flexibility index (Phi) is 5.74. The Morgan fingerprint density at radius 3 is 2.73 bits per heavy atom. The van der Waals surface area contributed by atoms with Crippen LogP contribution in [-0.2, 0) is 13.3 Å². The summed E-state index contributed by atoms with van der Waals surface area (Å²) in [6.45, 7) is 0. The summed E-state index contributed by atoms with van der Waals surface area (Å²) < 4.78 is 21.9. The minimum atomic E-state index is -4.85. The Labute approximate surface area is 163 Å². The van der Waals surface area contributed by atoms with E-state index in [0.29, 0.717) is 3.83 Å². The van der Waals surface area contributed by atoms with Gasteiger partial charge in [-0.1, -0.05) is 0 Å². The van der Waals surface area contributed by atoms with Crippen LogP contribution in [0.5, 0.6) is 0 Å². The SMILES string of the molecule is Nc1nc(I)nc2c1ncn2[C@@H]1O[C@H](C(O)SOP(=O)(O)O)[C@@H](O)[C@H]1O. The highest BCUT2D eigenvalue weighted by atomic mass is 127. The number of nitrogens with zero attached hydrogens (tertiary/aromatic N) is 4. The molecule has 0 aliphatic carbocycles. The lowest BCUT2D eigenvalue weighted by molar-refractivity contribution is -0.0603. The van der Waals surface area contributed by atoms with Gasteiger partial charge >= 0.3 is 7.82 Å². The van der Waals surface area contributed by atoms with E-state index in [-0.39, 0.29) is 29.0 Å². The van der Waals surface area contributed by atoms with Crippen LogP contribution in [0.4, 0.5) is 5.82 Å². The fraction of sp³-hybridized carbons (Fsp3) is 0.500. The number of fused-ring (bicyclic) bond motifs is 1. The lowest BCUT2D eigenvalue weighted by Gasteiger charge is -2.19. The second-order valence-corrected chi connectivity index (χ2v) is 8.44. The third-order valence-corrected chi connectivity index (χ3v) is 5.56. The highest BCUT2D eigenvalue weighted by molar-refractivity contribution is 14.1. The zero-order valence-corrected chi connectivity index (χ0v) is 16.4. The number of imidazole rings is 1. The fourth-order valence-corrected chi connectivity index (χ4v) is 4.03. The molecule has 0 spiro atoms. The number of aromatic nitrogens is 4. The molecular formula is C10H13IN5O8PS. The average molecular weight is 521 g/mol. The first-order chi connectivity index (χ1) is 12.1. The summed E-state index contributed by atoms with van der Waals surface area (Å²) >= 11 is 1.86. The number of nitrogens with two attached hydrogens (primary N) is 1. The number of phosphoric acid groups is 1. The highest BCUT2D eigenvalue weighted by Crippen LogP contribution is 2.44. The lowest BCUT2D eigenvalue weighted by atomic mass is 10.1. The van der Waals surface area contributed by atoms with E-state index in [1.54, 1.807) is 0 Å². The van der Waals surface area contributed by atoms with Crippen molar-refractivity contribution >= 4 is 59.4 Å². The molecule has 1 aliphatic heterocycles. The van der Waals surface area contributed by atoms with Crippen LogP contribution in [0.1, 0.15) is 6.23 Å². The Bertz CT molecular complexity index is 865. The molecule has 3 heterocycles. The van der Waals surface area contributed by atoms with Gasteiger partial charge in [-0.3, -0.25) is 4.57 Å². The molecule has 144 valence electrons. The third kappa shape index (κ3) is 3.96. The second-order valence-electron chi connectivity index (χ2n) is 5.23. The predicted octanol–water partition coefficient (Wildman–Crippen LogP) is -1.29. The first-order valence-corrected chi connectivity index (χ1v) is 10.3. The van der Waals surface area contributed by atoms with Gasteiger partial charge in [0.1, 0.15) is 23.8 Å². The minimum absolute atomic E-state index is 0.0188. The monoisotopic (exact) mass is 521 g/mol. The number of hydrogen-bond acceptors (Lipinski definition) is 11. The van der Waals surface area contributed by atoms with Gasteiger partial charge in [0.15, 0.2) is 27.0 Å². The molecule has 16 heteroatoms. The number of ether oxygens (including phenoxy) is 1. The number of anilines is 1. The van der Waals surface area contributed by atoms with Crippen LogP contribution in [0.15, 0.2) is 6.33 Å². The van der Waals surface area contributed by atoms with Crippen molar-refractivity contribution in [3.63, 3.8) is 0 Å². The Morgan fingerprint density at radius 2 is 2.08 bits per heavy atom. The van der Waals surface area contributed by atoms with Gasteiger partial charge in [-0.25, -0.2) is 23.5 Å². The van der Waals surface area contributed by atoms with E-state index in [1.807, 2.05) is 22.6 Å². The number of nitrogen functional groups attached to an aromatic ring is 1. The molecular weight excluding hydrogens is 508 g/mol. The van der Waals surface area contributed by atoms with Gasteiger partial charge in [-0.15, -0.1) is 0 Å². The molecule has 0 bridgehead atoms. The van der Waals surface area contributed by atoms with E-state index in [4.69, 9.17) is 20.3 Å². The van der Waals surface area contributed by atoms with Crippen molar-refractivity contribution < 1.29 is 38.4 Å². The smallest absolute Gasteiger partial charge is 0.387 e. The summed E-state index contributed by atoms with van der Waals surface area (Å²) in [5.41, 5.74) is 4.59. The summed E-state index contributed by atoms with van der Waals surface area (Å²) in [7, 11) is -4.85. The minimum Gasteiger partial charge on any atom is -0.387 e. The van der Waals surface area contributed by atoms with E-state index < -0.39 is 37.8 Å². The number of aliphatic hydroxyl groups is 3. The van der Waals surface area contributed by atoms with Crippen LogP contribution in [0.2, 0.25) is 0 Å². The van der Waals surface area contributed by atoms with E-state index in [2.05, 4.69) is 18.9 Å². The maximum Gasteiger partial charge on any atom is 0.480 e. The van der Waals surface area contributed by atoms with E-state index in [9.17, 15) is 19.9 Å². The largest absolute Gasteiger partial charge is 0.480 e. The highest BCUT2D eigenvalue weighted by Gasteiger charge is 2.48. The van der Waals surface area contributed by atoms with Crippen molar-refractivity contribution in [2.45, 2.75) is 30.0 Å². The van der Waals surface area contributed by atoms with Crippen molar-refractivity contribution in [2.75, 3.05) is 5.73 Å². The maximum atomic E-state index is 10.7. The summed E-state index contributed by atoms with van der Waals surface area (Å²) in [5, 5.41) is 30.3. The van der Waals surface area contributed by atoms with Gasteiger partial charge in [0, 0.05) is 34.6 Å². The number of hydrogen-bond donors (Lipinski definition) is 6. The molecule has 1 saturated heterocycles. The first-order valence-electron chi connectivity index (χ1n) is 6.84. The van der Waals surface area contributed by atoms with Crippen molar-refractivity contribution in [1.29, 1.82) is 0 Å². The standard InChI is InChI=1S/C10H13IN5O8PS/c11-10-14-6(12)2-7(15-10)16(1-13-2)8-4(18)3(17)5(23-8)9(19)26-24-25(20,21)22/h1,3-5,8-9,17-19H,(H2,12,14,15)(H2,20,21,22)/t3-,4+,5-,8+,9?/m0/s1. The molecule has 0 radical (unpaired) electrons. The van der Waals surface area contributed by atoms with Crippen molar-refractivity contribution in [3.05, 3.63) is 10.2 Å². The van der Waals surface area contributed by atoms with Gasteiger partial charge in [-0.2, -0.15) is 0 Å². The first kappa shape index (κ1) is 20.1. The fourth-order valence-electron chi connectivity index (χ4n) is 2.40. The van der Waals surface area contributed by atoms with E-state index in [1.165, 1.54) is 10.9 Å². The molecule has 2 aromatic rings. The second kappa shape index (κ2) is 7.42. The van der Waals surface area contributed by atoms with Crippen LogP contribution >= 0.6 is 42.5 Å². The van der Waals surface area contributed by atoms with Gasteiger partial charge in [0.05, 0.1) is 6.33 Å². The maximum absolute atomic E-state index is 10.7. The van der Waals surface area contributed by atoms with Crippen LogP contribution in [-0.4, -0.2) is 68.4 Å². The lowest BCUT2D eigenvalue weighted by Crippen LogP contribution is -2.37. The molecule has 5 atom stereocenters. The Morgan fingerprint density at radius 1 is 1.38 bits per heavy atom. The third-order valence-electron chi connectivity index (χ3n) is 3.49. The molecule has 1 unspecified atom stereocenters. The normalized spacial score (nSPS) is 27.9. The number of aliphatic hydroxyl groups excluding tert-OH is 3. The van der Waals surface area contributed by atoms with Gasteiger partial charge in [0.2, 0.25) is 0 Å². The van der Waals surface area contributed by atoms with Crippen LogP contribution in [0, 0.1) is 3.83 Å². The zero-order valence-electron chi connectivity index (χ0n) is 12.5. The molecule has 0 amide bonds. The van der Waals surface area contributed by atoms with Crippen LogP contribution < -0.4 is 5.73 Å². The number of rotatable bonds is 5. The quantitative estimate of drug-likeness (QED) is 0.0892. The topological polar surface area (TPSA) is 206 Å². The molecule has 13 nitrogen and oxygen atoms in total. The Hall–Kier alpha value is -0.620. The summed E-state index contributed by atoms with van der Waals surface area (Å²) in [4.78, 5) is 29.5. The van der Waals surface area contributed by atoms with E-state index in [0.717, 1.165) is 0 Å². The molecule has 0 aromatic carbocycles. The van der Waals surface area contributed by atoms with Gasteiger partial charge in [0.25, 0.3) is 0 Å². The average Bonchev–Trinajstić information content (AvgIpc) is 3.07. The molecule has 2 aromatic heterocycles. The van der Waals surface area contributed by atoms with Crippen LogP contribution in [0.25, 0.3) is 11.2 Å². The van der Waals surface area contributed by atoms with Crippen molar-refractivity contribution in [1.82, 2.24) is 19.5 Å². The van der Waals surface area contributed by atoms with Crippen molar-refractivity contribution in [2.24, 2.45) is 0 Å². The van der Waals surface area contributed by atoms with E-state index >= 15 is 0 Å². The predicted molar refractivity (Wildman–Crippen MR) is 95.1 cm³/mol. The molecule has 3 rings (SSSR count). The van der Waals surface area contributed by atoms with Gasteiger partial charge in [-0.05, 0) is 0 Å². The van der Waals surface area contributed by atoms with Crippen LogP contribution in [0.3, 0.4) is 0 Å². The zero-order chi connectivity index (χ0) is 19.2.